The topological polar surface area (TPSA) is 54.5 Å². The molecule has 0 amide bonds. The minimum atomic E-state index is -4.31. The minimum absolute atomic E-state index is 0.206. The van der Waals surface area contributed by atoms with Crippen molar-refractivity contribution in [2.24, 2.45) is 5.92 Å². The van der Waals surface area contributed by atoms with Gasteiger partial charge in [0, 0.05) is 5.56 Å². The van der Waals surface area contributed by atoms with Gasteiger partial charge >= 0.3 is 6.18 Å². The van der Waals surface area contributed by atoms with E-state index in [2.05, 4.69) is 26.7 Å². The Morgan fingerprint density at radius 3 is 2.63 bits per heavy atom. The van der Waals surface area contributed by atoms with Gasteiger partial charge in [0.15, 0.2) is 0 Å². The molecule has 1 atom stereocenters. The number of benzene rings is 2. The van der Waals surface area contributed by atoms with Crippen molar-refractivity contribution in [3.05, 3.63) is 64.7 Å². The fourth-order valence-corrected chi connectivity index (χ4v) is 4.59. The van der Waals surface area contributed by atoms with Gasteiger partial charge in [-0.15, -0.1) is 10.2 Å². The van der Waals surface area contributed by atoms with Crippen LogP contribution in [-0.2, 0) is 12.6 Å². The molecular weight excluding hydrogens is 353 g/mol. The van der Waals surface area contributed by atoms with E-state index in [1.165, 1.54) is 12.1 Å². The number of rotatable bonds is 2. The number of nitrogens with zero attached hydrogens (tertiary/aromatic N) is 3. The molecule has 0 radical (unpaired) electrons. The molecule has 3 aliphatic rings. The maximum atomic E-state index is 13.2. The van der Waals surface area contributed by atoms with E-state index in [1.807, 2.05) is 18.2 Å². The number of halogens is 3. The summed E-state index contributed by atoms with van der Waals surface area (Å²) in [6, 6.07) is 12.2. The van der Waals surface area contributed by atoms with Crippen LogP contribution in [0.1, 0.15) is 46.9 Å². The van der Waals surface area contributed by atoms with Gasteiger partial charge in [-0.3, -0.25) is 0 Å². The van der Waals surface area contributed by atoms with Crippen molar-refractivity contribution in [2.45, 2.75) is 37.3 Å². The van der Waals surface area contributed by atoms with Crippen molar-refractivity contribution >= 4 is 0 Å². The van der Waals surface area contributed by atoms with Gasteiger partial charge in [-0.05, 0) is 77.1 Å². The molecular formula is C20H17F3N4. The van der Waals surface area contributed by atoms with E-state index >= 15 is 0 Å². The molecule has 0 unspecified atom stereocenters. The Morgan fingerprint density at radius 2 is 1.89 bits per heavy atom. The third-order valence-electron chi connectivity index (χ3n) is 6.01. The lowest BCUT2D eigenvalue weighted by Crippen LogP contribution is -2.25. The van der Waals surface area contributed by atoms with Gasteiger partial charge in [-0.1, -0.05) is 24.3 Å². The highest BCUT2D eigenvalue weighted by Crippen LogP contribution is 2.54. The van der Waals surface area contributed by atoms with E-state index in [9.17, 15) is 13.2 Å². The Labute approximate surface area is 153 Å². The van der Waals surface area contributed by atoms with Crippen molar-refractivity contribution < 1.29 is 13.2 Å². The monoisotopic (exact) mass is 370 g/mol. The van der Waals surface area contributed by atoms with Gasteiger partial charge in [-0.25, -0.2) is 0 Å². The molecule has 6 rings (SSSR count). The largest absolute Gasteiger partial charge is 0.416 e. The number of aromatic amines is 1. The maximum Gasteiger partial charge on any atom is 0.416 e. The molecule has 4 nitrogen and oxygen atoms in total. The second-order valence-electron chi connectivity index (χ2n) is 7.51. The molecule has 2 aromatic carbocycles. The molecule has 1 saturated carbocycles. The molecule has 0 aliphatic heterocycles. The van der Waals surface area contributed by atoms with Crippen LogP contribution in [0.25, 0.3) is 11.4 Å². The highest BCUT2D eigenvalue weighted by molar-refractivity contribution is 5.56. The molecule has 1 heterocycles. The first kappa shape index (κ1) is 16.5. The summed E-state index contributed by atoms with van der Waals surface area (Å²) < 4.78 is 39.5. The summed E-state index contributed by atoms with van der Waals surface area (Å²) in [5.74, 6) is 1.62. The average Bonchev–Trinajstić information content (AvgIpc) is 3.03. The molecule has 1 N–H and O–H groups in total. The SMILES string of the molecule is FC(F)(F)c1ccc2c(c1)C[C@H](c1cccc(-c3nn[nH]n3)c1)C1CC2C1. The van der Waals surface area contributed by atoms with Crippen molar-refractivity contribution in [1.82, 2.24) is 20.6 Å². The zero-order valence-electron chi connectivity index (χ0n) is 14.4. The first-order valence-electron chi connectivity index (χ1n) is 9.03. The van der Waals surface area contributed by atoms with Gasteiger partial charge in [-0.2, -0.15) is 18.4 Å². The molecule has 2 bridgehead atoms. The van der Waals surface area contributed by atoms with Crippen LogP contribution in [0, 0.1) is 5.92 Å². The molecule has 138 valence electrons. The van der Waals surface area contributed by atoms with Crippen LogP contribution in [0.15, 0.2) is 42.5 Å². The van der Waals surface area contributed by atoms with E-state index in [0.29, 0.717) is 24.1 Å². The number of alkyl halides is 3. The molecule has 7 heteroatoms. The first-order valence-corrected chi connectivity index (χ1v) is 9.03. The summed E-state index contributed by atoms with van der Waals surface area (Å²) in [6.07, 6.45) is -1.60. The normalized spacial score (nSPS) is 24.0. The molecule has 1 fully saturated rings. The van der Waals surface area contributed by atoms with Crippen LogP contribution in [0.2, 0.25) is 0 Å². The van der Waals surface area contributed by atoms with E-state index in [0.717, 1.165) is 35.1 Å². The number of tetrazole rings is 1. The average molecular weight is 370 g/mol. The van der Waals surface area contributed by atoms with Crippen LogP contribution in [0.4, 0.5) is 13.2 Å². The lowest BCUT2D eigenvalue weighted by Gasteiger charge is -2.38. The fourth-order valence-electron chi connectivity index (χ4n) is 4.59. The number of hydrogen-bond acceptors (Lipinski definition) is 3. The lowest BCUT2D eigenvalue weighted by atomic mass is 9.67. The Kier molecular flexibility index (Phi) is 3.60. The summed E-state index contributed by atoms with van der Waals surface area (Å²) >= 11 is 0. The Morgan fingerprint density at radius 1 is 1.04 bits per heavy atom. The Balaban J connectivity index is 1.53. The summed E-state index contributed by atoms with van der Waals surface area (Å²) in [6.45, 7) is 0. The smallest absolute Gasteiger partial charge is 0.177 e. The number of hydrogen-bond donors (Lipinski definition) is 1. The molecule has 0 spiro atoms. The predicted molar refractivity (Wildman–Crippen MR) is 93.0 cm³/mol. The van der Waals surface area contributed by atoms with Crippen LogP contribution in [0.5, 0.6) is 0 Å². The summed E-state index contributed by atoms with van der Waals surface area (Å²) in [5, 5.41) is 14.1. The second-order valence-corrected chi connectivity index (χ2v) is 7.51. The first-order chi connectivity index (χ1) is 13.0. The van der Waals surface area contributed by atoms with E-state index in [-0.39, 0.29) is 5.92 Å². The highest BCUT2D eigenvalue weighted by Gasteiger charge is 2.42. The van der Waals surface area contributed by atoms with Crippen molar-refractivity contribution in [3.8, 4) is 11.4 Å². The van der Waals surface area contributed by atoms with Gasteiger partial charge in [0.1, 0.15) is 0 Å². The number of fused-ring (bicyclic) bond motifs is 1. The highest BCUT2D eigenvalue weighted by atomic mass is 19.4. The van der Waals surface area contributed by atoms with Gasteiger partial charge < -0.3 is 0 Å². The zero-order valence-corrected chi connectivity index (χ0v) is 14.4. The lowest BCUT2D eigenvalue weighted by molar-refractivity contribution is -0.137. The van der Waals surface area contributed by atoms with E-state index < -0.39 is 11.7 Å². The third kappa shape index (κ3) is 2.81. The molecule has 3 aliphatic carbocycles. The third-order valence-corrected chi connectivity index (χ3v) is 6.01. The van der Waals surface area contributed by atoms with Crippen LogP contribution < -0.4 is 0 Å². The molecule has 0 saturated heterocycles. The van der Waals surface area contributed by atoms with Gasteiger partial charge in [0.25, 0.3) is 0 Å². The Bertz CT molecular complexity index is 975. The van der Waals surface area contributed by atoms with Crippen LogP contribution in [-0.4, -0.2) is 20.6 Å². The van der Waals surface area contributed by atoms with Gasteiger partial charge in [0.2, 0.25) is 5.82 Å². The van der Waals surface area contributed by atoms with Crippen molar-refractivity contribution in [2.75, 3.05) is 0 Å². The molecule has 27 heavy (non-hydrogen) atoms. The standard InChI is InChI=1S/C20H17F3N4/c21-20(22,23)16-4-5-17-13-7-14(8-13)18(10-15(17)9-16)11-2-1-3-12(6-11)19-24-26-27-25-19/h1-6,9,13-14,18H,7-8,10H2,(H,24,25,26,27)/t13?,14?,18-/m1/s1. The van der Waals surface area contributed by atoms with Crippen LogP contribution >= 0.6 is 0 Å². The molecule has 3 aromatic rings. The minimum Gasteiger partial charge on any atom is -0.177 e. The van der Waals surface area contributed by atoms with Gasteiger partial charge in [0.05, 0.1) is 5.56 Å². The number of H-pyrrole nitrogens is 1. The summed E-state index contributed by atoms with van der Waals surface area (Å²) in [4.78, 5) is 0. The van der Waals surface area contributed by atoms with E-state index in [1.54, 1.807) is 6.07 Å². The number of nitrogens with one attached hydrogen (secondary N) is 1. The number of aromatic nitrogens is 4. The summed E-state index contributed by atoms with van der Waals surface area (Å²) in [5.41, 5.74) is 3.37. The van der Waals surface area contributed by atoms with Crippen molar-refractivity contribution in [3.63, 3.8) is 0 Å². The Hall–Kier alpha value is -2.70. The maximum absolute atomic E-state index is 13.2. The quantitative estimate of drug-likeness (QED) is 0.710. The van der Waals surface area contributed by atoms with Crippen LogP contribution in [0.3, 0.4) is 0 Å². The zero-order chi connectivity index (χ0) is 18.6. The molecule has 1 aromatic heterocycles. The fraction of sp³-hybridized carbons (Fsp3) is 0.350. The summed E-state index contributed by atoms with van der Waals surface area (Å²) in [7, 11) is 0. The van der Waals surface area contributed by atoms with Crippen molar-refractivity contribution in [1.29, 1.82) is 0 Å². The van der Waals surface area contributed by atoms with E-state index in [4.69, 9.17) is 0 Å². The predicted octanol–water partition coefficient (Wildman–Crippen LogP) is 4.72. The second kappa shape index (κ2) is 5.90.